The molecular formula is C40H35NO8. The number of carbonyl (C=O) groups excluding carboxylic acids is 4. The summed E-state index contributed by atoms with van der Waals surface area (Å²) in [7, 11) is 4.69. The van der Waals surface area contributed by atoms with E-state index >= 15 is 0 Å². The highest BCUT2D eigenvalue weighted by Crippen LogP contribution is 2.56. The van der Waals surface area contributed by atoms with Gasteiger partial charge in [0.1, 0.15) is 23.0 Å². The zero-order chi connectivity index (χ0) is 34.6. The van der Waals surface area contributed by atoms with E-state index in [2.05, 4.69) is 0 Å². The van der Waals surface area contributed by atoms with E-state index in [0.29, 0.717) is 51.6 Å². The summed E-state index contributed by atoms with van der Waals surface area (Å²) < 4.78 is 16.1. The van der Waals surface area contributed by atoms with Crippen molar-refractivity contribution in [2.75, 3.05) is 26.2 Å². The number of phenolic OH excluding ortho intramolecular Hbond substituents is 1. The number of ketones is 2. The van der Waals surface area contributed by atoms with E-state index in [0.717, 1.165) is 16.7 Å². The van der Waals surface area contributed by atoms with Crippen LogP contribution in [0, 0.1) is 17.8 Å². The number of benzene rings is 3. The third-order valence-electron chi connectivity index (χ3n) is 10.2. The number of carbonyl (C=O) groups is 4. The van der Waals surface area contributed by atoms with E-state index in [9.17, 15) is 24.3 Å². The number of rotatable bonds is 7. The Balaban J connectivity index is 1.21. The summed E-state index contributed by atoms with van der Waals surface area (Å²) in [6.07, 6.45) is 7.55. The molecule has 1 saturated heterocycles. The van der Waals surface area contributed by atoms with Gasteiger partial charge in [-0.2, -0.15) is 0 Å². The largest absolute Gasteiger partial charge is 0.507 e. The van der Waals surface area contributed by atoms with Crippen LogP contribution in [0.25, 0.3) is 12.2 Å². The summed E-state index contributed by atoms with van der Waals surface area (Å²) in [6, 6.07) is 17.6. The van der Waals surface area contributed by atoms with Gasteiger partial charge in [-0.3, -0.25) is 24.1 Å². The van der Waals surface area contributed by atoms with Crippen molar-refractivity contribution in [1.82, 2.24) is 0 Å². The lowest BCUT2D eigenvalue weighted by atomic mass is 9.59. The van der Waals surface area contributed by atoms with Crippen LogP contribution in [0.1, 0.15) is 42.4 Å². The number of methoxy groups -OCH3 is 3. The highest BCUT2D eigenvalue weighted by Gasteiger charge is 2.56. The summed E-state index contributed by atoms with van der Waals surface area (Å²) in [5.74, 6) is -2.00. The molecule has 1 heterocycles. The Kier molecular flexibility index (Phi) is 8.06. The van der Waals surface area contributed by atoms with Crippen molar-refractivity contribution in [2.24, 2.45) is 17.8 Å². The third-order valence-corrected chi connectivity index (χ3v) is 10.2. The molecule has 1 fully saturated rings. The van der Waals surface area contributed by atoms with Gasteiger partial charge in [0.15, 0.2) is 11.6 Å². The monoisotopic (exact) mass is 657 g/mol. The molecule has 0 aromatic heterocycles. The Morgan fingerprint density at radius 1 is 0.816 bits per heavy atom. The lowest BCUT2D eigenvalue weighted by Gasteiger charge is -2.42. The number of ether oxygens (including phenoxy) is 3. The smallest absolute Gasteiger partial charge is 0.238 e. The average Bonchev–Trinajstić information content (AvgIpc) is 3.37. The maximum Gasteiger partial charge on any atom is 0.238 e. The number of fused-ring (bicyclic) bond motifs is 3. The summed E-state index contributed by atoms with van der Waals surface area (Å²) in [5.41, 5.74) is 4.36. The molecule has 4 atom stereocenters. The molecule has 4 aliphatic rings. The van der Waals surface area contributed by atoms with Crippen LogP contribution in [0.15, 0.2) is 95.1 Å². The fraction of sp³-hybridized carbons (Fsp3) is 0.250. The summed E-state index contributed by atoms with van der Waals surface area (Å²) in [5, 5.41) is 11.1. The van der Waals surface area contributed by atoms with Crippen molar-refractivity contribution in [3.8, 4) is 23.0 Å². The van der Waals surface area contributed by atoms with Crippen LogP contribution in [-0.4, -0.2) is 49.8 Å². The summed E-state index contributed by atoms with van der Waals surface area (Å²) in [6.45, 7) is 1.61. The zero-order valence-electron chi connectivity index (χ0n) is 27.6. The summed E-state index contributed by atoms with van der Waals surface area (Å²) in [4.78, 5) is 56.5. The predicted molar refractivity (Wildman–Crippen MR) is 183 cm³/mol. The molecule has 1 N–H and O–H groups in total. The minimum atomic E-state index is -0.744. The van der Waals surface area contributed by atoms with Crippen molar-refractivity contribution < 1.29 is 38.5 Å². The van der Waals surface area contributed by atoms with Crippen LogP contribution in [-0.2, 0) is 19.2 Å². The van der Waals surface area contributed by atoms with Gasteiger partial charge in [0, 0.05) is 39.8 Å². The van der Waals surface area contributed by atoms with Crippen molar-refractivity contribution in [2.45, 2.75) is 25.7 Å². The van der Waals surface area contributed by atoms with Crippen molar-refractivity contribution >= 4 is 41.2 Å². The number of hydrogen-bond acceptors (Lipinski definition) is 8. The number of hydrogen-bond donors (Lipinski definition) is 1. The van der Waals surface area contributed by atoms with Gasteiger partial charge in [0.25, 0.3) is 0 Å². The molecule has 7 rings (SSSR count). The maximum absolute atomic E-state index is 14.3. The number of nitrogens with zero attached hydrogens (tertiary/aromatic N) is 1. The van der Waals surface area contributed by atoms with E-state index in [1.54, 1.807) is 45.4 Å². The topological polar surface area (TPSA) is 119 Å². The molecular weight excluding hydrogens is 622 g/mol. The number of anilines is 1. The standard InChI is InChI=1S/C40H35NO8/c1-21-17-32(42)31-20-30-27(35(37(31)38(21)44)28-13-11-26(48-3)19-33(28)43)14-15-29-36(30)40(46)41(39(29)45)24-9-6-22(7-10-24)5-8-23-18-25(47-2)12-16-34(23)49-4/h5-14,16-19,29-30,35-36,43H,15,20H2,1-4H3. The molecule has 0 saturated carbocycles. The van der Waals surface area contributed by atoms with Crippen molar-refractivity contribution in [3.05, 3.63) is 112 Å². The van der Waals surface area contributed by atoms with Crippen molar-refractivity contribution in [1.29, 1.82) is 0 Å². The number of phenols is 1. The second kappa shape index (κ2) is 12.4. The fourth-order valence-electron chi connectivity index (χ4n) is 7.76. The lowest BCUT2D eigenvalue weighted by molar-refractivity contribution is -0.123. The van der Waals surface area contributed by atoms with E-state index in [-0.39, 0.29) is 35.6 Å². The Hall–Kier alpha value is -5.70. The van der Waals surface area contributed by atoms with E-state index < -0.39 is 23.7 Å². The minimum Gasteiger partial charge on any atom is -0.507 e. The van der Waals surface area contributed by atoms with Crippen LogP contribution in [0.5, 0.6) is 23.0 Å². The van der Waals surface area contributed by atoms with Gasteiger partial charge in [-0.15, -0.1) is 0 Å². The number of imide groups is 1. The quantitative estimate of drug-likeness (QED) is 0.138. The van der Waals surface area contributed by atoms with Gasteiger partial charge in [-0.1, -0.05) is 42.0 Å². The molecule has 4 unspecified atom stereocenters. The van der Waals surface area contributed by atoms with Crippen LogP contribution < -0.4 is 19.1 Å². The Morgan fingerprint density at radius 2 is 1.53 bits per heavy atom. The SMILES string of the molecule is COc1ccc(C2C3=CCC4C(=O)N(c5ccc(C=Cc6cc(OC)ccc6OC)cc5)C(=O)C4C3CC3=C2C(=O)C(C)=CC3=O)c(O)c1. The minimum absolute atomic E-state index is 0.0817. The maximum atomic E-state index is 14.3. The average molecular weight is 658 g/mol. The number of Topliss-reactive ketones (excluding diaryl/α,β-unsaturated/α-hetero) is 1. The second-order valence-electron chi connectivity index (χ2n) is 12.7. The van der Waals surface area contributed by atoms with E-state index in [1.807, 2.05) is 48.6 Å². The number of allylic oxidation sites excluding steroid dienone is 6. The van der Waals surface area contributed by atoms with E-state index in [4.69, 9.17) is 14.2 Å². The molecule has 9 nitrogen and oxygen atoms in total. The highest BCUT2D eigenvalue weighted by atomic mass is 16.5. The van der Waals surface area contributed by atoms with Crippen LogP contribution in [0.2, 0.25) is 0 Å². The second-order valence-corrected chi connectivity index (χ2v) is 12.7. The van der Waals surface area contributed by atoms with Gasteiger partial charge in [0.05, 0.1) is 38.9 Å². The molecule has 0 bridgehead atoms. The molecule has 2 amide bonds. The number of aromatic hydroxyl groups is 1. The predicted octanol–water partition coefficient (Wildman–Crippen LogP) is 6.22. The van der Waals surface area contributed by atoms with Crippen LogP contribution in [0.4, 0.5) is 5.69 Å². The molecule has 3 aromatic carbocycles. The van der Waals surface area contributed by atoms with Crippen LogP contribution in [0.3, 0.4) is 0 Å². The molecule has 0 spiro atoms. The summed E-state index contributed by atoms with van der Waals surface area (Å²) >= 11 is 0. The van der Waals surface area contributed by atoms with Gasteiger partial charge < -0.3 is 19.3 Å². The third kappa shape index (κ3) is 5.26. The highest BCUT2D eigenvalue weighted by molar-refractivity contribution is 6.25. The van der Waals surface area contributed by atoms with Gasteiger partial charge in [-0.05, 0) is 73.7 Å². The van der Waals surface area contributed by atoms with Crippen molar-refractivity contribution in [3.63, 3.8) is 0 Å². The molecule has 9 heteroatoms. The first kappa shape index (κ1) is 31.9. The first-order valence-corrected chi connectivity index (χ1v) is 16.1. The Morgan fingerprint density at radius 3 is 2.22 bits per heavy atom. The first-order valence-electron chi connectivity index (χ1n) is 16.1. The molecule has 3 aliphatic carbocycles. The Bertz CT molecular complexity index is 2050. The molecule has 49 heavy (non-hydrogen) atoms. The van der Waals surface area contributed by atoms with Gasteiger partial charge in [-0.25, -0.2) is 0 Å². The first-order chi connectivity index (χ1) is 23.6. The zero-order valence-corrected chi connectivity index (χ0v) is 27.6. The molecule has 248 valence electrons. The Labute approximate surface area is 283 Å². The van der Waals surface area contributed by atoms with Gasteiger partial charge in [0.2, 0.25) is 11.8 Å². The lowest BCUT2D eigenvalue weighted by Crippen LogP contribution is -2.39. The van der Waals surface area contributed by atoms with E-state index in [1.165, 1.54) is 24.2 Å². The van der Waals surface area contributed by atoms with Crippen LogP contribution >= 0.6 is 0 Å². The number of amides is 2. The normalized spacial score (nSPS) is 23.2. The van der Waals surface area contributed by atoms with Gasteiger partial charge >= 0.3 is 0 Å². The molecule has 3 aromatic rings. The molecule has 0 radical (unpaired) electrons. The molecule has 1 aliphatic heterocycles. The fourth-order valence-corrected chi connectivity index (χ4v) is 7.76.